The van der Waals surface area contributed by atoms with Gasteiger partial charge in [0, 0.05) is 5.02 Å². The first-order valence-corrected chi connectivity index (χ1v) is 6.32. The van der Waals surface area contributed by atoms with E-state index in [0.29, 0.717) is 15.7 Å². The molecule has 0 aliphatic rings. The van der Waals surface area contributed by atoms with Crippen molar-refractivity contribution in [1.29, 1.82) is 0 Å². The number of nitrogens with one attached hydrogen (secondary N) is 1. The van der Waals surface area contributed by atoms with E-state index in [0.717, 1.165) is 12.1 Å². The molecule has 6 heteroatoms. The third-order valence-corrected chi connectivity index (χ3v) is 3.23. The van der Waals surface area contributed by atoms with Crippen LogP contribution in [-0.2, 0) is 0 Å². The van der Waals surface area contributed by atoms with E-state index in [4.69, 9.17) is 34.8 Å². The van der Waals surface area contributed by atoms with Crippen molar-refractivity contribution in [2.24, 2.45) is 0 Å². The van der Waals surface area contributed by atoms with Crippen LogP contribution in [0.4, 0.5) is 10.1 Å². The number of anilines is 1. The number of amides is 1. The predicted molar refractivity (Wildman–Crippen MR) is 75.8 cm³/mol. The van der Waals surface area contributed by atoms with Gasteiger partial charge in [0.2, 0.25) is 0 Å². The van der Waals surface area contributed by atoms with E-state index < -0.39 is 11.7 Å². The number of hydrogen-bond donors (Lipinski definition) is 1. The number of carbonyl (C=O) groups is 1. The smallest absolute Gasteiger partial charge is 0.257 e. The molecule has 0 unspecified atom stereocenters. The first-order chi connectivity index (χ1) is 8.97. The van der Waals surface area contributed by atoms with Gasteiger partial charge in [-0.2, -0.15) is 0 Å². The monoisotopic (exact) mass is 317 g/mol. The lowest BCUT2D eigenvalue weighted by Crippen LogP contribution is -2.12. The highest BCUT2D eigenvalue weighted by Crippen LogP contribution is 2.27. The minimum absolute atomic E-state index is 0.0238. The molecule has 0 saturated heterocycles. The van der Waals surface area contributed by atoms with Gasteiger partial charge in [0.15, 0.2) is 0 Å². The largest absolute Gasteiger partial charge is 0.321 e. The van der Waals surface area contributed by atoms with Crippen LogP contribution >= 0.6 is 34.8 Å². The molecule has 2 aromatic rings. The molecule has 1 amide bonds. The van der Waals surface area contributed by atoms with Crippen molar-refractivity contribution in [2.75, 3.05) is 5.32 Å². The number of carbonyl (C=O) groups excluding carboxylic acids is 1. The average molecular weight is 319 g/mol. The Morgan fingerprint density at radius 1 is 1.00 bits per heavy atom. The Hall–Kier alpha value is -1.29. The highest BCUT2D eigenvalue weighted by molar-refractivity contribution is 6.37. The van der Waals surface area contributed by atoms with Gasteiger partial charge in [-0.25, -0.2) is 4.39 Å². The second-order valence-corrected chi connectivity index (χ2v) is 4.95. The first kappa shape index (κ1) is 14.1. The van der Waals surface area contributed by atoms with Gasteiger partial charge in [-0.1, -0.05) is 34.8 Å². The number of benzene rings is 2. The summed E-state index contributed by atoms with van der Waals surface area (Å²) in [5, 5.41) is 3.37. The maximum atomic E-state index is 12.9. The highest BCUT2D eigenvalue weighted by Gasteiger charge is 2.13. The van der Waals surface area contributed by atoms with E-state index >= 15 is 0 Å². The van der Waals surface area contributed by atoms with Crippen LogP contribution in [0.15, 0.2) is 36.4 Å². The summed E-state index contributed by atoms with van der Waals surface area (Å²) in [4.78, 5) is 12.0. The Morgan fingerprint density at radius 3 is 2.42 bits per heavy atom. The zero-order chi connectivity index (χ0) is 14.0. The van der Waals surface area contributed by atoms with Crippen molar-refractivity contribution >= 4 is 46.4 Å². The molecular weight excluding hydrogens is 312 g/mol. The highest BCUT2D eigenvalue weighted by atomic mass is 35.5. The summed E-state index contributed by atoms with van der Waals surface area (Å²) in [6.45, 7) is 0. The van der Waals surface area contributed by atoms with Gasteiger partial charge in [-0.3, -0.25) is 4.79 Å². The molecule has 0 aromatic heterocycles. The lowest BCUT2D eigenvalue weighted by atomic mass is 10.2. The molecule has 0 heterocycles. The van der Waals surface area contributed by atoms with Crippen molar-refractivity contribution in [3.63, 3.8) is 0 Å². The van der Waals surface area contributed by atoms with Crippen LogP contribution in [-0.4, -0.2) is 5.91 Å². The molecule has 0 saturated carbocycles. The van der Waals surface area contributed by atoms with Gasteiger partial charge in [-0.05, 0) is 36.4 Å². The van der Waals surface area contributed by atoms with E-state index in [9.17, 15) is 9.18 Å². The molecule has 0 aliphatic carbocycles. The minimum atomic E-state index is -0.512. The molecule has 1 N–H and O–H groups in total. The quantitative estimate of drug-likeness (QED) is 0.826. The number of rotatable bonds is 2. The van der Waals surface area contributed by atoms with Crippen LogP contribution in [0.1, 0.15) is 10.4 Å². The Morgan fingerprint density at radius 2 is 1.74 bits per heavy atom. The van der Waals surface area contributed by atoms with Crippen molar-refractivity contribution < 1.29 is 9.18 Å². The van der Waals surface area contributed by atoms with Gasteiger partial charge in [-0.15, -0.1) is 0 Å². The minimum Gasteiger partial charge on any atom is -0.321 e. The third-order valence-electron chi connectivity index (χ3n) is 2.35. The Labute approximate surface area is 124 Å². The average Bonchev–Trinajstić information content (AvgIpc) is 2.33. The van der Waals surface area contributed by atoms with E-state index in [1.54, 1.807) is 12.1 Å². The summed E-state index contributed by atoms with van der Waals surface area (Å²) in [5.74, 6) is -1.00. The lowest BCUT2D eigenvalue weighted by Gasteiger charge is -2.08. The molecule has 0 atom stereocenters. The molecule has 2 rings (SSSR count). The Bertz CT molecular complexity index is 646. The summed E-state index contributed by atoms with van der Waals surface area (Å²) in [7, 11) is 0. The molecule has 0 fully saturated rings. The first-order valence-electron chi connectivity index (χ1n) is 5.19. The fraction of sp³-hybridized carbons (Fsp3) is 0. The second kappa shape index (κ2) is 5.78. The van der Waals surface area contributed by atoms with Crippen LogP contribution in [0.25, 0.3) is 0 Å². The van der Waals surface area contributed by atoms with E-state index in [1.807, 2.05) is 0 Å². The maximum Gasteiger partial charge on any atom is 0.257 e. The standard InChI is InChI=1S/C13H7Cl3FNO/c14-7-1-4-10(15)12(5-7)18-13(19)9-3-2-8(17)6-11(9)16/h1-6H,(H,18,19). The predicted octanol–water partition coefficient (Wildman–Crippen LogP) is 5.04. The van der Waals surface area contributed by atoms with E-state index in [1.165, 1.54) is 12.1 Å². The van der Waals surface area contributed by atoms with Gasteiger partial charge < -0.3 is 5.32 Å². The zero-order valence-corrected chi connectivity index (χ0v) is 11.7. The SMILES string of the molecule is O=C(Nc1cc(Cl)ccc1Cl)c1ccc(F)cc1Cl. The molecule has 0 aliphatic heterocycles. The van der Waals surface area contributed by atoms with Crippen LogP contribution in [0.2, 0.25) is 15.1 Å². The topological polar surface area (TPSA) is 29.1 Å². The van der Waals surface area contributed by atoms with E-state index in [2.05, 4.69) is 5.32 Å². The zero-order valence-electron chi connectivity index (χ0n) is 9.38. The summed E-state index contributed by atoms with van der Waals surface area (Å²) >= 11 is 17.5. The van der Waals surface area contributed by atoms with Crippen molar-refractivity contribution in [3.05, 3.63) is 62.8 Å². The van der Waals surface area contributed by atoms with Crippen molar-refractivity contribution in [2.45, 2.75) is 0 Å². The van der Waals surface area contributed by atoms with Gasteiger partial charge in [0.25, 0.3) is 5.91 Å². The van der Waals surface area contributed by atoms with Gasteiger partial charge in [0.1, 0.15) is 5.82 Å². The molecule has 2 nitrogen and oxygen atoms in total. The number of hydrogen-bond acceptors (Lipinski definition) is 1. The molecule has 98 valence electrons. The normalized spacial score (nSPS) is 10.3. The molecule has 0 bridgehead atoms. The molecule has 0 spiro atoms. The van der Waals surface area contributed by atoms with Gasteiger partial charge >= 0.3 is 0 Å². The fourth-order valence-corrected chi connectivity index (χ4v) is 2.05. The number of halogens is 4. The Balaban J connectivity index is 2.28. The van der Waals surface area contributed by atoms with Crippen molar-refractivity contribution in [1.82, 2.24) is 0 Å². The summed E-state index contributed by atoms with van der Waals surface area (Å²) in [6.07, 6.45) is 0. The molecule has 2 aromatic carbocycles. The summed E-state index contributed by atoms with van der Waals surface area (Å²) in [5.41, 5.74) is 0.513. The fourth-order valence-electron chi connectivity index (χ4n) is 1.46. The Kier molecular flexibility index (Phi) is 4.30. The van der Waals surface area contributed by atoms with E-state index in [-0.39, 0.29) is 10.6 Å². The van der Waals surface area contributed by atoms with Gasteiger partial charge in [0.05, 0.1) is 21.3 Å². The molecular formula is C13H7Cl3FNO. The maximum absolute atomic E-state index is 12.9. The molecule has 19 heavy (non-hydrogen) atoms. The van der Waals surface area contributed by atoms with Crippen LogP contribution < -0.4 is 5.32 Å². The van der Waals surface area contributed by atoms with Crippen LogP contribution in [0.5, 0.6) is 0 Å². The third kappa shape index (κ3) is 3.38. The van der Waals surface area contributed by atoms with Crippen LogP contribution in [0, 0.1) is 5.82 Å². The molecule has 0 radical (unpaired) electrons. The second-order valence-electron chi connectivity index (χ2n) is 3.70. The van der Waals surface area contributed by atoms with Crippen molar-refractivity contribution in [3.8, 4) is 0 Å². The lowest BCUT2D eigenvalue weighted by molar-refractivity contribution is 0.102. The summed E-state index contributed by atoms with van der Waals surface area (Å²) < 4.78 is 12.9. The van der Waals surface area contributed by atoms with Crippen LogP contribution in [0.3, 0.4) is 0 Å². The summed E-state index contributed by atoms with van der Waals surface area (Å²) in [6, 6.07) is 8.19.